The Hall–Kier alpha value is -3.53. The van der Waals surface area contributed by atoms with Gasteiger partial charge in [0.15, 0.2) is 16.3 Å². The largest absolute Gasteiger partial charge is 0.332 e. The van der Waals surface area contributed by atoms with Crippen LogP contribution in [-0.2, 0) is 31.9 Å². The van der Waals surface area contributed by atoms with Crippen LogP contribution in [0, 0.1) is 0 Å². The van der Waals surface area contributed by atoms with Crippen LogP contribution in [0.25, 0.3) is 22.4 Å². The number of thiazole rings is 1. The number of amides is 1. The summed E-state index contributed by atoms with van der Waals surface area (Å²) in [6.07, 6.45) is 4.78. The molecule has 0 radical (unpaired) electrons. The molecule has 10 heteroatoms. The second kappa shape index (κ2) is 8.91. The van der Waals surface area contributed by atoms with Gasteiger partial charge >= 0.3 is 5.69 Å². The van der Waals surface area contributed by atoms with E-state index in [4.69, 9.17) is 0 Å². The van der Waals surface area contributed by atoms with Crippen LogP contribution >= 0.6 is 11.3 Å². The number of aromatic nitrogens is 5. The molecule has 32 heavy (non-hydrogen) atoms. The number of hydrogen-bond acceptors (Lipinski definition) is 6. The van der Waals surface area contributed by atoms with Gasteiger partial charge in [-0.1, -0.05) is 37.6 Å². The molecule has 1 N–H and O–H groups in total. The van der Waals surface area contributed by atoms with Gasteiger partial charge in [-0.2, -0.15) is 0 Å². The van der Waals surface area contributed by atoms with Crippen LogP contribution in [0.3, 0.4) is 0 Å². The van der Waals surface area contributed by atoms with Crippen molar-refractivity contribution in [3.05, 3.63) is 62.4 Å². The van der Waals surface area contributed by atoms with E-state index in [1.807, 2.05) is 17.5 Å². The first-order valence-electron chi connectivity index (χ1n) is 10.3. The summed E-state index contributed by atoms with van der Waals surface area (Å²) in [6.45, 7) is 2.06. The van der Waals surface area contributed by atoms with Crippen LogP contribution in [0.1, 0.15) is 25.3 Å². The summed E-state index contributed by atoms with van der Waals surface area (Å²) in [6, 6.07) is 8.31. The van der Waals surface area contributed by atoms with E-state index in [0.717, 1.165) is 22.2 Å². The Kier molecular flexibility index (Phi) is 6.04. The zero-order valence-corrected chi connectivity index (χ0v) is 19.0. The minimum atomic E-state index is -0.493. The van der Waals surface area contributed by atoms with E-state index in [2.05, 4.69) is 34.3 Å². The highest BCUT2D eigenvalue weighted by Crippen LogP contribution is 2.25. The van der Waals surface area contributed by atoms with Crippen LogP contribution < -0.4 is 16.6 Å². The molecule has 0 aliphatic heterocycles. The molecule has 3 aromatic heterocycles. The number of benzene rings is 1. The molecule has 0 saturated heterocycles. The van der Waals surface area contributed by atoms with Gasteiger partial charge in [0.05, 0.1) is 12.0 Å². The molecule has 4 aromatic rings. The lowest BCUT2D eigenvalue weighted by Crippen LogP contribution is -2.37. The van der Waals surface area contributed by atoms with Gasteiger partial charge in [-0.15, -0.1) is 11.3 Å². The van der Waals surface area contributed by atoms with E-state index in [0.29, 0.717) is 5.13 Å². The average Bonchev–Trinajstić information content (AvgIpc) is 3.42. The fraction of sp³-hybridized carbons (Fsp3) is 0.318. The van der Waals surface area contributed by atoms with Crippen molar-refractivity contribution in [3.8, 4) is 11.3 Å². The van der Waals surface area contributed by atoms with E-state index < -0.39 is 11.2 Å². The van der Waals surface area contributed by atoms with Gasteiger partial charge < -0.3 is 9.88 Å². The molecule has 0 aliphatic rings. The van der Waals surface area contributed by atoms with E-state index in [1.165, 1.54) is 59.3 Å². The molecule has 9 nitrogen and oxygen atoms in total. The highest BCUT2D eigenvalue weighted by Gasteiger charge is 2.16. The first-order chi connectivity index (χ1) is 15.4. The fourth-order valence-electron chi connectivity index (χ4n) is 3.52. The molecule has 0 fully saturated rings. The number of carbonyl (C=O) groups excluding carboxylic acids is 1. The lowest BCUT2D eigenvalue weighted by molar-refractivity contribution is -0.116. The Morgan fingerprint density at radius 2 is 1.88 bits per heavy atom. The third kappa shape index (κ3) is 4.13. The minimum Gasteiger partial charge on any atom is -0.315 e. The van der Waals surface area contributed by atoms with Crippen molar-refractivity contribution in [2.45, 2.75) is 32.7 Å². The molecule has 0 unspecified atom stereocenters. The second-order valence-electron chi connectivity index (χ2n) is 7.64. The lowest BCUT2D eigenvalue weighted by atomic mass is 10.1. The number of anilines is 1. The normalized spacial score (nSPS) is 11.2. The van der Waals surface area contributed by atoms with E-state index in [1.54, 1.807) is 0 Å². The van der Waals surface area contributed by atoms with Gasteiger partial charge in [-0.05, 0) is 18.4 Å². The molecular weight excluding hydrogens is 428 g/mol. The van der Waals surface area contributed by atoms with Crippen molar-refractivity contribution < 1.29 is 4.79 Å². The summed E-state index contributed by atoms with van der Waals surface area (Å²) in [7, 11) is 2.93. The van der Waals surface area contributed by atoms with Crippen molar-refractivity contribution in [2.24, 2.45) is 14.1 Å². The predicted octanol–water partition coefficient (Wildman–Crippen LogP) is 2.54. The van der Waals surface area contributed by atoms with Gasteiger partial charge in [-0.3, -0.25) is 18.7 Å². The average molecular weight is 453 g/mol. The Morgan fingerprint density at radius 3 is 2.59 bits per heavy atom. The SMILES string of the molecule is CCCCc1ccc(-c2csc(NC(=O)Cn3cnc4c3c(=O)n(C)c(=O)n4C)n2)cc1. The predicted molar refractivity (Wildman–Crippen MR) is 125 cm³/mol. The van der Waals surface area contributed by atoms with Gasteiger partial charge in [0.25, 0.3) is 5.56 Å². The zero-order chi connectivity index (χ0) is 22.8. The number of aryl methyl sites for hydroxylation is 2. The fourth-order valence-corrected chi connectivity index (χ4v) is 4.25. The summed E-state index contributed by atoms with van der Waals surface area (Å²) in [4.78, 5) is 45.8. The number of carbonyl (C=O) groups is 1. The monoisotopic (exact) mass is 452 g/mol. The van der Waals surface area contributed by atoms with Crippen molar-refractivity contribution >= 4 is 33.5 Å². The summed E-state index contributed by atoms with van der Waals surface area (Å²) >= 11 is 1.34. The Morgan fingerprint density at radius 1 is 1.12 bits per heavy atom. The lowest BCUT2D eigenvalue weighted by Gasteiger charge is -2.06. The number of nitrogens with zero attached hydrogens (tertiary/aromatic N) is 5. The number of hydrogen-bond donors (Lipinski definition) is 1. The van der Waals surface area contributed by atoms with Crippen LogP contribution in [0.2, 0.25) is 0 Å². The first kappa shape index (κ1) is 21.7. The van der Waals surface area contributed by atoms with Crippen LogP contribution in [0.4, 0.5) is 5.13 Å². The van der Waals surface area contributed by atoms with Gasteiger partial charge in [0, 0.05) is 25.0 Å². The number of unbranched alkanes of at least 4 members (excludes halogenated alkanes) is 1. The number of rotatable bonds is 7. The van der Waals surface area contributed by atoms with Crippen molar-refractivity contribution in [1.82, 2.24) is 23.7 Å². The van der Waals surface area contributed by atoms with E-state index >= 15 is 0 Å². The molecule has 3 heterocycles. The Bertz CT molecular complexity index is 1390. The zero-order valence-electron chi connectivity index (χ0n) is 18.2. The number of imidazole rings is 1. The number of fused-ring (bicyclic) bond motifs is 1. The van der Waals surface area contributed by atoms with Gasteiger partial charge in [0.1, 0.15) is 6.54 Å². The molecule has 0 aliphatic carbocycles. The maximum absolute atomic E-state index is 12.6. The van der Waals surface area contributed by atoms with E-state index in [9.17, 15) is 14.4 Å². The maximum Gasteiger partial charge on any atom is 0.332 e. The van der Waals surface area contributed by atoms with Crippen molar-refractivity contribution in [1.29, 1.82) is 0 Å². The third-order valence-corrected chi connectivity index (χ3v) is 6.11. The van der Waals surface area contributed by atoms with Gasteiger partial charge in [-0.25, -0.2) is 14.8 Å². The van der Waals surface area contributed by atoms with E-state index in [-0.39, 0.29) is 23.6 Å². The molecule has 0 bridgehead atoms. The molecular formula is C22H24N6O3S. The number of nitrogens with one attached hydrogen (secondary N) is 1. The Labute approximate surface area is 188 Å². The quantitative estimate of drug-likeness (QED) is 0.464. The first-order valence-corrected chi connectivity index (χ1v) is 11.2. The highest BCUT2D eigenvalue weighted by molar-refractivity contribution is 7.14. The second-order valence-corrected chi connectivity index (χ2v) is 8.50. The molecule has 1 amide bonds. The van der Waals surface area contributed by atoms with Crippen molar-refractivity contribution in [2.75, 3.05) is 5.32 Å². The van der Waals surface area contributed by atoms with Crippen LogP contribution in [0.15, 0.2) is 45.6 Å². The molecule has 166 valence electrons. The topological polar surface area (TPSA) is 104 Å². The molecule has 1 aromatic carbocycles. The highest BCUT2D eigenvalue weighted by atomic mass is 32.1. The third-order valence-electron chi connectivity index (χ3n) is 5.35. The standard InChI is InChI=1S/C22H24N6O3S/c1-4-5-6-14-7-9-15(10-8-14)16-12-32-21(24-16)25-17(29)11-28-13-23-19-18(28)20(30)27(3)22(31)26(19)2/h7-10,12-13H,4-6,11H2,1-3H3,(H,24,25,29). The summed E-state index contributed by atoms with van der Waals surface area (Å²) in [5.74, 6) is -0.337. The minimum absolute atomic E-state index is 0.120. The van der Waals surface area contributed by atoms with Gasteiger partial charge in [0.2, 0.25) is 5.91 Å². The summed E-state index contributed by atoms with van der Waals surface area (Å²) in [5, 5.41) is 5.15. The summed E-state index contributed by atoms with van der Waals surface area (Å²) in [5.41, 5.74) is 2.57. The summed E-state index contributed by atoms with van der Waals surface area (Å²) < 4.78 is 3.72. The molecule has 0 atom stereocenters. The van der Waals surface area contributed by atoms with Crippen molar-refractivity contribution in [3.63, 3.8) is 0 Å². The smallest absolute Gasteiger partial charge is 0.315 e. The van der Waals surface area contributed by atoms with Crippen LogP contribution in [-0.4, -0.2) is 29.6 Å². The molecule has 4 rings (SSSR count). The Balaban J connectivity index is 1.49. The molecule has 0 saturated carbocycles. The maximum atomic E-state index is 12.6. The molecule has 0 spiro atoms. The van der Waals surface area contributed by atoms with Crippen LogP contribution in [0.5, 0.6) is 0 Å².